The van der Waals surface area contributed by atoms with Gasteiger partial charge in [0.2, 0.25) is 0 Å². The van der Waals surface area contributed by atoms with Crippen LogP contribution in [0.4, 0.5) is 5.69 Å². The van der Waals surface area contributed by atoms with Crippen molar-refractivity contribution in [3.8, 4) is 11.1 Å². The largest absolute Gasteiger partial charge is 0.399 e. The maximum absolute atomic E-state index is 5.68. The van der Waals surface area contributed by atoms with Gasteiger partial charge in [0.25, 0.3) is 0 Å². The summed E-state index contributed by atoms with van der Waals surface area (Å²) in [6, 6.07) is 9.97. The van der Waals surface area contributed by atoms with E-state index in [4.69, 9.17) is 5.73 Å². The molecule has 4 heteroatoms. The van der Waals surface area contributed by atoms with Crippen molar-refractivity contribution in [2.75, 3.05) is 5.73 Å². The van der Waals surface area contributed by atoms with Gasteiger partial charge < -0.3 is 5.73 Å². The number of aromatic nitrogens is 2. The summed E-state index contributed by atoms with van der Waals surface area (Å²) in [4.78, 5) is 0. The fourth-order valence-electron chi connectivity index (χ4n) is 1.84. The van der Waals surface area contributed by atoms with Gasteiger partial charge in [-0.25, -0.2) is 0 Å². The summed E-state index contributed by atoms with van der Waals surface area (Å²) in [6.07, 6.45) is 3.95. The third-order valence-corrected chi connectivity index (χ3v) is 3.53. The fraction of sp³-hybridized carbons (Fsp3) is 0.0714. The summed E-state index contributed by atoms with van der Waals surface area (Å²) < 4.78 is 1.95. The summed E-state index contributed by atoms with van der Waals surface area (Å²) in [6.45, 7) is 0.818. The van der Waals surface area contributed by atoms with Crippen molar-refractivity contribution in [3.05, 3.63) is 59.0 Å². The average molecular weight is 255 g/mol. The molecule has 0 aliphatic carbocycles. The van der Waals surface area contributed by atoms with Gasteiger partial charge in [-0.3, -0.25) is 4.68 Å². The molecule has 0 atom stereocenters. The Bertz CT molecular complexity index is 623. The van der Waals surface area contributed by atoms with Gasteiger partial charge in [0, 0.05) is 17.4 Å². The Morgan fingerprint density at radius 1 is 1.11 bits per heavy atom. The minimum Gasteiger partial charge on any atom is -0.399 e. The molecule has 0 bridgehead atoms. The lowest BCUT2D eigenvalue weighted by Crippen LogP contribution is -1.97. The number of nitrogens with two attached hydrogens (primary N) is 1. The van der Waals surface area contributed by atoms with Crippen LogP contribution in [0.15, 0.2) is 53.5 Å². The van der Waals surface area contributed by atoms with Gasteiger partial charge in [-0.1, -0.05) is 12.1 Å². The average Bonchev–Trinajstić information content (AvgIpc) is 3.02. The molecular weight excluding hydrogens is 242 g/mol. The minimum absolute atomic E-state index is 0.782. The quantitative estimate of drug-likeness (QED) is 0.730. The molecule has 18 heavy (non-hydrogen) atoms. The van der Waals surface area contributed by atoms with Crippen LogP contribution < -0.4 is 5.73 Å². The zero-order valence-corrected chi connectivity index (χ0v) is 10.6. The van der Waals surface area contributed by atoms with E-state index >= 15 is 0 Å². The predicted molar refractivity (Wildman–Crippen MR) is 75.5 cm³/mol. The Labute approximate surface area is 109 Å². The van der Waals surface area contributed by atoms with E-state index in [0.717, 1.165) is 23.4 Å². The number of hydrogen-bond donors (Lipinski definition) is 1. The molecule has 2 heterocycles. The van der Waals surface area contributed by atoms with Crippen molar-refractivity contribution < 1.29 is 0 Å². The molecule has 2 aromatic heterocycles. The number of nitrogen functional groups attached to an aromatic ring is 1. The number of benzene rings is 1. The fourth-order valence-corrected chi connectivity index (χ4v) is 2.50. The van der Waals surface area contributed by atoms with E-state index in [0.29, 0.717) is 0 Å². The standard InChI is InChI=1S/C14H13N3S/c15-14-3-1-12(2-4-14)13-7-16-17(9-13)8-11-5-6-18-10-11/h1-7,9-10H,8,15H2. The number of hydrogen-bond acceptors (Lipinski definition) is 3. The van der Waals surface area contributed by atoms with E-state index in [1.54, 1.807) is 11.3 Å². The van der Waals surface area contributed by atoms with Crippen LogP contribution in [0.3, 0.4) is 0 Å². The monoisotopic (exact) mass is 255 g/mol. The third-order valence-electron chi connectivity index (χ3n) is 2.80. The molecule has 90 valence electrons. The molecule has 0 amide bonds. The van der Waals surface area contributed by atoms with Crippen molar-refractivity contribution in [2.45, 2.75) is 6.54 Å². The van der Waals surface area contributed by atoms with Crippen LogP contribution in [0.2, 0.25) is 0 Å². The molecule has 0 radical (unpaired) electrons. The molecule has 0 saturated heterocycles. The second-order valence-electron chi connectivity index (χ2n) is 4.18. The number of anilines is 1. The van der Waals surface area contributed by atoms with Crippen molar-refractivity contribution in [3.63, 3.8) is 0 Å². The summed E-state index contributed by atoms with van der Waals surface area (Å²) >= 11 is 1.71. The summed E-state index contributed by atoms with van der Waals surface area (Å²) in [7, 11) is 0. The van der Waals surface area contributed by atoms with E-state index in [-0.39, 0.29) is 0 Å². The lowest BCUT2D eigenvalue weighted by Gasteiger charge is -1.99. The highest BCUT2D eigenvalue weighted by Gasteiger charge is 2.02. The summed E-state index contributed by atoms with van der Waals surface area (Å²) in [5.41, 5.74) is 10.0. The second kappa shape index (κ2) is 4.66. The van der Waals surface area contributed by atoms with Crippen LogP contribution in [0.5, 0.6) is 0 Å². The van der Waals surface area contributed by atoms with Crippen LogP contribution >= 0.6 is 11.3 Å². The highest BCUT2D eigenvalue weighted by Crippen LogP contribution is 2.20. The van der Waals surface area contributed by atoms with Gasteiger partial charge in [-0.2, -0.15) is 16.4 Å². The van der Waals surface area contributed by atoms with Crippen molar-refractivity contribution in [1.29, 1.82) is 0 Å². The Hall–Kier alpha value is -2.07. The molecule has 3 rings (SSSR count). The lowest BCUT2D eigenvalue weighted by atomic mass is 10.1. The molecule has 0 fully saturated rings. The summed E-state index contributed by atoms with van der Waals surface area (Å²) in [5, 5.41) is 8.61. The normalized spacial score (nSPS) is 10.7. The first kappa shape index (κ1) is 11.0. The Balaban J connectivity index is 1.83. The number of rotatable bonds is 3. The summed E-state index contributed by atoms with van der Waals surface area (Å²) in [5.74, 6) is 0. The topological polar surface area (TPSA) is 43.8 Å². The van der Waals surface area contributed by atoms with Crippen molar-refractivity contribution in [1.82, 2.24) is 9.78 Å². The van der Waals surface area contributed by atoms with Gasteiger partial charge in [-0.15, -0.1) is 0 Å². The molecule has 1 aromatic carbocycles. The Morgan fingerprint density at radius 2 is 1.94 bits per heavy atom. The van der Waals surface area contributed by atoms with Crippen LogP contribution in [-0.4, -0.2) is 9.78 Å². The maximum Gasteiger partial charge on any atom is 0.0667 e. The van der Waals surface area contributed by atoms with E-state index in [1.807, 2.05) is 35.1 Å². The molecule has 0 spiro atoms. The molecule has 0 aliphatic heterocycles. The van der Waals surface area contributed by atoms with Gasteiger partial charge in [0.1, 0.15) is 0 Å². The Morgan fingerprint density at radius 3 is 2.67 bits per heavy atom. The van der Waals surface area contributed by atoms with E-state index in [1.165, 1.54) is 5.56 Å². The van der Waals surface area contributed by atoms with E-state index in [2.05, 4.69) is 28.1 Å². The van der Waals surface area contributed by atoms with Crippen LogP contribution in [-0.2, 0) is 6.54 Å². The molecule has 3 aromatic rings. The first-order chi connectivity index (χ1) is 8.81. The van der Waals surface area contributed by atoms with Gasteiger partial charge in [-0.05, 0) is 40.1 Å². The zero-order chi connectivity index (χ0) is 12.4. The first-order valence-corrected chi connectivity index (χ1v) is 6.65. The smallest absolute Gasteiger partial charge is 0.0667 e. The Kier molecular flexibility index (Phi) is 2.86. The molecule has 0 unspecified atom stereocenters. The minimum atomic E-state index is 0.782. The molecular formula is C14H13N3S. The van der Waals surface area contributed by atoms with Crippen LogP contribution in [0, 0.1) is 0 Å². The van der Waals surface area contributed by atoms with Crippen molar-refractivity contribution in [2.24, 2.45) is 0 Å². The molecule has 3 nitrogen and oxygen atoms in total. The predicted octanol–water partition coefficient (Wildman–Crippen LogP) is 3.24. The number of nitrogens with zero attached hydrogens (tertiary/aromatic N) is 2. The van der Waals surface area contributed by atoms with E-state index in [9.17, 15) is 0 Å². The maximum atomic E-state index is 5.68. The van der Waals surface area contributed by atoms with Gasteiger partial charge in [0.15, 0.2) is 0 Å². The lowest BCUT2D eigenvalue weighted by molar-refractivity contribution is 0.688. The zero-order valence-electron chi connectivity index (χ0n) is 9.78. The van der Waals surface area contributed by atoms with Crippen LogP contribution in [0.1, 0.15) is 5.56 Å². The second-order valence-corrected chi connectivity index (χ2v) is 4.96. The van der Waals surface area contributed by atoms with E-state index < -0.39 is 0 Å². The highest BCUT2D eigenvalue weighted by molar-refractivity contribution is 7.07. The third kappa shape index (κ3) is 2.28. The molecule has 2 N–H and O–H groups in total. The highest BCUT2D eigenvalue weighted by atomic mass is 32.1. The number of thiophene rings is 1. The van der Waals surface area contributed by atoms with Gasteiger partial charge in [0.05, 0.1) is 12.7 Å². The first-order valence-electron chi connectivity index (χ1n) is 5.71. The molecule has 0 aliphatic rings. The van der Waals surface area contributed by atoms with Crippen LogP contribution in [0.25, 0.3) is 11.1 Å². The van der Waals surface area contributed by atoms with Gasteiger partial charge >= 0.3 is 0 Å². The van der Waals surface area contributed by atoms with Crippen molar-refractivity contribution >= 4 is 17.0 Å². The molecule has 0 saturated carbocycles. The SMILES string of the molecule is Nc1ccc(-c2cnn(Cc3ccsc3)c2)cc1.